The molecule has 0 saturated carbocycles. The van der Waals surface area contributed by atoms with Gasteiger partial charge in [-0.05, 0) is 18.9 Å². The van der Waals surface area contributed by atoms with E-state index in [0.29, 0.717) is 24.9 Å². The molecule has 1 aliphatic heterocycles. The van der Waals surface area contributed by atoms with Crippen LogP contribution < -0.4 is 11.1 Å². The zero-order valence-electron chi connectivity index (χ0n) is 11.2. The van der Waals surface area contributed by atoms with E-state index in [2.05, 4.69) is 5.32 Å². The number of amides is 1. The molecule has 2 heterocycles. The lowest BCUT2D eigenvalue weighted by Crippen LogP contribution is -2.45. The Bertz CT molecular complexity index is 478. The van der Waals surface area contributed by atoms with Gasteiger partial charge in [-0.2, -0.15) is 0 Å². The van der Waals surface area contributed by atoms with Gasteiger partial charge in [0.15, 0.2) is 0 Å². The maximum atomic E-state index is 10.8. The van der Waals surface area contributed by atoms with Crippen LogP contribution in [-0.4, -0.2) is 47.6 Å². The molecule has 0 radical (unpaired) electrons. The summed E-state index contributed by atoms with van der Waals surface area (Å²) in [5, 5.41) is 12.1. The van der Waals surface area contributed by atoms with E-state index in [0.717, 1.165) is 25.9 Å². The Hall–Kier alpha value is -1.86. The Kier molecular flexibility index (Phi) is 4.75. The number of nitrogens with zero attached hydrogens (tertiary/aromatic N) is 1. The van der Waals surface area contributed by atoms with Gasteiger partial charge in [0.25, 0.3) is 0 Å². The average molecular weight is 281 g/mol. The molecule has 4 N–H and O–H groups in total. The van der Waals surface area contributed by atoms with Gasteiger partial charge in [0.1, 0.15) is 12.0 Å². The van der Waals surface area contributed by atoms with Crippen LogP contribution in [0.15, 0.2) is 16.7 Å². The highest BCUT2D eigenvalue weighted by Crippen LogP contribution is 2.12. The average Bonchev–Trinajstić information content (AvgIpc) is 2.86. The number of aromatic carboxylic acids is 1. The molecule has 0 aromatic carbocycles. The second-order valence-electron chi connectivity index (χ2n) is 5.00. The van der Waals surface area contributed by atoms with Crippen molar-refractivity contribution < 1.29 is 19.1 Å². The molecule has 7 nitrogen and oxygen atoms in total. The van der Waals surface area contributed by atoms with Gasteiger partial charge in [-0.3, -0.25) is 9.69 Å². The number of furan rings is 1. The van der Waals surface area contributed by atoms with Crippen LogP contribution in [0.3, 0.4) is 0 Å². The number of carboxylic acids is 1. The lowest BCUT2D eigenvalue weighted by atomic mass is 10.0. The van der Waals surface area contributed by atoms with Crippen LogP contribution in [0.1, 0.15) is 29.0 Å². The van der Waals surface area contributed by atoms with Crippen molar-refractivity contribution in [3.63, 3.8) is 0 Å². The maximum absolute atomic E-state index is 10.8. The molecule has 110 valence electrons. The number of carbonyl (C=O) groups excluding carboxylic acids is 1. The van der Waals surface area contributed by atoms with Crippen LogP contribution in [0.25, 0.3) is 0 Å². The molecular formula is C13H19N3O4. The Morgan fingerprint density at radius 2 is 2.15 bits per heavy atom. The normalized spacial score (nSPS) is 17.2. The van der Waals surface area contributed by atoms with Crippen molar-refractivity contribution in [3.05, 3.63) is 23.7 Å². The van der Waals surface area contributed by atoms with Crippen molar-refractivity contribution >= 4 is 11.9 Å². The van der Waals surface area contributed by atoms with E-state index in [-0.39, 0.29) is 11.5 Å². The molecule has 1 saturated heterocycles. The second kappa shape index (κ2) is 6.53. The fraction of sp³-hybridized carbons (Fsp3) is 0.538. The fourth-order valence-corrected chi connectivity index (χ4v) is 2.35. The number of rotatable bonds is 6. The summed E-state index contributed by atoms with van der Waals surface area (Å²) in [5.41, 5.74) is 5.33. The zero-order chi connectivity index (χ0) is 14.5. The van der Waals surface area contributed by atoms with Crippen LogP contribution in [0.2, 0.25) is 0 Å². The van der Waals surface area contributed by atoms with E-state index in [9.17, 15) is 9.59 Å². The van der Waals surface area contributed by atoms with Gasteiger partial charge < -0.3 is 20.6 Å². The minimum atomic E-state index is -0.986. The van der Waals surface area contributed by atoms with E-state index < -0.39 is 5.97 Å². The molecule has 2 rings (SSSR count). The predicted molar refractivity (Wildman–Crippen MR) is 71.2 cm³/mol. The van der Waals surface area contributed by atoms with Crippen molar-refractivity contribution in [2.75, 3.05) is 19.6 Å². The van der Waals surface area contributed by atoms with Gasteiger partial charge in [-0.1, -0.05) is 0 Å². The molecule has 1 amide bonds. The third kappa shape index (κ3) is 4.07. The van der Waals surface area contributed by atoms with Gasteiger partial charge in [-0.25, -0.2) is 4.79 Å². The predicted octanol–water partition coefficient (Wildman–Crippen LogP) is 0.0171. The summed E-state index contributed by atoms with van der Waals surface area (Å²) in [5.74, 6) is -0.671. The highest BCUT2D eigenvalue weighted by atomic mass is 16.4. The molecule has 1 aromatic heterocycles. The van der Waals surface area contributed by atoms with Crippen LogP contribution in [-0.2, 0) is 11.3 Å². The fourth-order valence-electron chi connectivity index (χ4n) is 2.35. The standard InChI is InChI=1S/C13H19N3O4/c14-12(17)7-16-3-1-10(2-4-16)15-6-11-5-9(8-20-11)13(18)19/h5,8,10,15H,1-4,6-7H2,(H2,14,17)(H,18,19). The number of carbonyl (C=O) groups is 2. The number of nitrogens with one attached hydrogen (secondary N) is 1. The third-order valence-electron chi connectivity index (χ3n) is 3.43. The largest absolute Gasteiger partial charge is 0.478 e. The minimum absolute atomic E-state index is 0.165. The van der Waals surface area contributed by atoms with Crippen LogP contribution >= 0.6 is 0 Å². The molecule has 0 spiro atoms. The summed E-state index contributed by atoms with van der Waals surface area (Å²) in [6, 6.07) is 1.87. The van der Waals surface area contributed by atoms with E-state index in [4.69, 9.17) is 15.3 Å². The van der Waals surface area contributed by atoms with E-state index in [1.54, 1.807) is 0 Å². The lowest BCUT2D eigenvalue weighted by molar-refractivity contribution is -0.119. The lowest BCUT2D eigenvalue weighted by Gasteiger charge is -2.31. The van der Waals surface area contributed by atoms with Crippen molar-refractivity contribution in [3.8, 4) is 0 Å². The Morgan fingerprint density at radius 1 is 1.45 bits per heavy atom. The second-order valence-corrected chi connectivity index (χ2v) is 5.00. The summed E-state index contributed by atoms with van der Waals surface area (Å²) < 4.78 is 5.18. The first-order valence-electron chi connectivity index (χ1n) is 6.59. The van der Waals surface area contributed by atoms with Crippen LogP contribution in [0, 0.1) is 0 Å². The Morgan fingerprint density at radius 3 is 2.70 bits per heavy atom. The quantitative estimate of drug-likeness (QED) is 0.678. The summed E-state index contributed by atoms with van der Waals surface area (Å²) in [4.78, 5) is 23.6. The van der Waals surface area contributed by atoms with E-state index >= 15 is 0 Å². The smallest absolute Gasteiger partial charge is 0.338 e. The molecule has 1 aliphatic rings. The molecule has 0 aliphatic carbocycles. The van der Waals surface area contributed by atoms with E-state index in [1.807, 2.05) is 4.90 Å². The monoisotopic (exact) mass is 281 g/mol. The molecule has 20 heavy (non-hydrogen) atoms. The number of piperidine rings is 1. The summed E-state index contributed by atoms with van der Waals surface area (Å²) in [6.07, 6.45) is 3.11. The first-order chi connectivity index (χ1) is 9.54. The summed E-state index contributed by atoms with van der Waals surface area (Å²) >= 11 is 0. The molecule has 0 atom stereocenters. The number of primary amides is 1. The highest BCUT2D eigenvalue weighted by Gasteiger charge is 2.20. The first kappa shape index (κ1) is 14.5. The summed E-state index contributed by atoms with van der Waals surface area (Å²) in [6.45, 7) is 2.49. The molecule has 1 aromatic rings. The Labute approximate surface area is 116 Å². The van der Waals surface area contributed by atoms with Crippen molar-refractivity contribution in [2.45, 2.75) is 25.4 Å². The zero-order valence-corrected chi connectivity index (χ0v) is 11.2. The third-order valence-corrected chi connectivity index (χ3v) is 3.43. The van der Waals surface area contributed by atoms with Gasteiger partial charge >= 0.3 is 5.97 Å². The number of nitrogens with two attached hydrogens (primary N) is 1. The molecule has 1 fully saturated rings. The van der Waals surface area contributed by atoms with Gasteiger partial charge in [0.05, 0.1) is 18.7 Å². The van der Waals surface area contributed by atoms with Crippen molar-refractivity contribution in [1.29, 1.82) is 0 Å². The summed E-state index contributed by atoms with van der Waals surface area (Å²) in [7, 11) is 0. The van der Waals surface area contributed by atoms with Crippen LogP contribution in [0.4, 0.5) is 0 Å². The van der Waals surface area contributed by atoms with E-state index in [1.165, 1.54) is 12.3 Å². The SMILES string of the molecule is NC(=O)CN1CCC(NCc2cc(C(=O)O)co2)CC1. The molecule has 7 heteroatoms. The van der Waals surface area contributed by atoms with Crippen molar-refractivity contribution in [1.82, 2.24) is 10.2 Å². The highest BCUT2D eigenvalue weighted by molar-refractivity contribution is 5.87. The topological polar surface area (TPSA) is 109 Å². The molecule has 0 bridgehead atoms. The van der Waals surface area contributed by atoms with Crippen LogP contribution in [0.5, 0.6) is 0 Å². The number of hydrogen-bond acceptors (Lipinski definition) is 5. The van der Waals surface area contributed by atoms with Crippen molar-refractivity contribution in [2.24, 2.45) is 5.73 Å². The minimum Gasteiger partial charge on any atom is -0.478 e. The number of carboxylic acid groups (broad SMARTS) is 1. The van der Waals surface area contributed by atoms with Gasteiger partial charge in [-0.15, -0.1) is 0 Å². The number of hydrogen-bond donors (Lipinski definition) is 3. The Balaban J connectivity index is 1.73. The van der Waals surface area contributed by atoms with Gasteiger partial charge in [0, 0.05) is 19.1 Å². The maximum Gasteiger partial charge on any atom is 0.338 e. The molecule has 0 unspecified atom stereocenters. The number of likely N-dealkylation sites (tertiary alicyclic amines) is 1. The first-order valence-corrected chi connectivity index (χ1v) is 6.59. The van der Waals surface area contributed by atoms with Gasteiger partial charge in [0.2, 0.25) is 5.91 Å². The molecular weight excluding hydrogens is 262 g/mol.